The van der Waals surface area contributed by atoms with Crippen molar-refractivity contribution in [3.63, 3.8) is 0 Å². The van der Waals surface area contributed by atoms with E-state index in [-0.39, 0.29) is 103 Å². The van der Waals surface area contributed by atoms with Gasteiger partial charge in [-0.1, -0.05) is 132 Å². The molecular formula is C53H87N3O12. The molecule has 26 atom stereocenters. The minimum absolute atomic E-state index is 0.0150. The molecule has 0 N–H and O–H groups in total. The molecule has 0 saturated carbocycles. The van der Waals surface area contributed by atoms with Crippen molar-refractivity contribution in [1.82, 2.24) is 0 Å². The second kappa shape index (κ2) is 24.2. The Morgan fingerprint density at radius 2 is 0.971 bits per heavy atom. The van der Waals surface area contributed by atoms with Gasteiger partial charge in [0.1, 0.15) is 18.3 Å². The van der Waals surface area contributed by atoms with Crippen molar-refractivity contribution < 1.29 is 56.8 Å². The fraction of sp³-hybridized carbons (Fsp3) is 0.887. The van der Waals surface area contributed by atoms with Gasteiger partial charge in [-0.25, -0.2) is 0 Å². The van der Waals surface area contributed by atoms with Gasteiger partial charge in [0.05, 0.1) is 55.9 Å². The summed E-state index contributed by atoms with van der Waals surface area (Å²) < 4.78 is 82.3. The number of hydrogen-bond donors (Lipinski definition) is 0. The summed E-state index contributed by atoms with van der Waals surface area (Å²) in [4.78, 5) is 2.84. The predicted molar refractivity (Wildman–Crippen MR) is 256 cm³/mol. The van der Waals surface area contributed by atoms with Crippen LogP contribution in [-0.2, 0) is 56.8 Å². The molecule has 15 heteroatoms. The lowest BCUT2D eigenvalue weighted by molar-refractivity contribution is -0.401. The van der Waals surface area contributed by atoms with Crippen LogP contribution in [0.5, 0.6) is 0 Å². The van der Waals surface area contributed by atoms with Crippen molar-refractivity contribution in [2.75, 3.05) is 19.8 Å². The number of fused-ring (bicyclic) bond motifs is 1. The fourth-order valence-electron chi connectivity index (χ4n) is 11.8. The Hall–Kier alpha value is -1.95. The molecular weight excluding hydrogens is 871 g/mol. The number of benzene rings is 1. The maximum atomic E-state index is 8.72. The molecule has 1 aromatic rings. The molecule has 6 heterocycles. The van der Waals surface area contributed by atoms with Crippen molar-refractivity contribution in [2.24, 2.45) is 64.3 Å². The van der Waals surface area contributed by atoms with Crippen LogP contribution in [-0.4, -0.2) is 112 Å². The molecule has 0 aliphatic carbocycles. The average Bonchev–Trinajstić information content (AvgIpc) is 3.35. The Balaban J connectivity index is 1.11. The number of azide groups is 1. The smallest absolute Gasteiger partial charge is 0.184 e. The zero-order valence-electron chi connectivity index (χ0n) is 43.6. The van der Waals surface area contributed by atoms with Crippen LogP contribution in [0.2, 0.25) is 0 Å². The number of hydrogen-bond acceptors (Lipinski definition) is 13. The summed E-state index contributed by atoms with van der Waals surface area (Å²) in [6, 6.07) is 10.0. The van der Waals surface area contributed by atoms with Crippen molar-refractivity contribution in [3.8, 4) is 0 Å². The molecule has 0 amide bonds. The first-order chi connectivity index (χ1) is 32.6. The van der Waals surface area contributed by atoms with E-state index in [1.807, 2.05) is 30.3 Å². The molecule has 1 aromatic carbocycles. The highest BCUT2D eigenvalue weighted by atomic mass is 16.8. The first-order valence-electron chi connectivity index (χ1n) is 26.5. The largest absolute Gasteiger partial charge is 0.352 e. The summed E-state index contributed by atoms with van der Waals surface area (Å²) in [6.45, 7) is 31.8. The molecule has 0 spiro atoms. The third-order valence-corrected chi connectivity index (χ3v) is 17.4. The molecule has 386 valence electrons. The lowest BCUT2D eigenvalue weighted by atomic mass is 9.78. The molecule has 6 saturated heterocycles. The molecule has 15 nitrogen and oxygen atoms in total. The second-order valence-electron chi connectivity index (χ2n) is 21.3. The van der Waals surface area contributed by atoms with Crippen LogP contribution < -0.4 is 0 Å². The van der Waals surface area contributed by atoms with E-state index in [9.17, 15) is 0 Å². The highest BCUT2D eigenvalue weighted by Gasteiger charge is 2.56. The van der Waals surface area contributed by atoms with E-state index in [1.165, 1.54) is 0 Å². The third kappa shape index (κ3) is 11.5. The molecule has 0 aromatic heterocycles. The summed E-state index contributed by atoms with van der Waals surface area (Å²) in [7, 11) is 0. The summed E-state index contributed by atoms with van der Waals surface area (Å²) in [6.07, 6.45) is -2.69. The van der Waals surface area contributed by atoms with Crippen LogP contribution in [0.15, 0.2) is 35.4 Å². The predicted octanol–water partition coefficient (Wildman–Crippen LogP) is 10.6. The minimum atomic E-state index is -0.691. The quantitative estimate of drug-likeness (QED) is 0.0630. The van der Waals surface area contributed by atoms with E-state index >= 15 is 0 Å². The maximum absolute atomic E-state index is 8.72. The highest BCUT2D eigenvalue weighted by Crippen LogP contribution is 2.46. The molecule has 6 aliphatic heterocycles. The second-order valence-corrected chi connectivity index (χ2v) is 21.3. The normalized spacial score (nSPS) is 47.7. The monoisotopic (exact) mass is 958 g/mol. The SMILES string of the molecule is CCC1O[C@@H](OC2C(C)[C@H](C)[C@H](CC)O[C@@H]2OC2[C@@H]3OC(c4ccccc4)OCC3O[C@@H](O[C@@H]3C(CC)O[C@@H](O[C@@H]4C(CC)O[C@@H](OCCN=[N+]=[N-])[C@@H](C)C4C)[C@@H](C)C3C)[C@@H]2C)[C@@H](C)C(C)[C@@H]1C. The van der Waals surface area contributed by atoms with Crippen LogP contribution in [0.4, 0.5) is 0 Å². The number of nitrogens with zero attached hydrogens (tertiary/aromatic N) is 3. The van der Waals surface area contributed by atoms with Gasteiger partial charge in [-0.2, -0.15) is 0 Å². The van der Waals surface area contributed by atoms with Gasteiger partial charge in [0, 0.05) is 40.7 Å². The number of ether oxygens (including phenoxy) is 12. The van der Waals surface area contributed by atoms with Crippen molar-refractivity contribution >= 4 is 0 Å². The first kappa shape index (κ1) is 53.8. The molecule has 6 fully saturated rings. The third-order valence-electron chi connectivity index (χ3n) is 17.4. The summed E-state index contributed by atoms with van der Waals surface area (Å²) in [5, 5.41) is 3.62. The van der Waals surface area contributed by atoms with Gasteiger partial charge in [-0.15, -0.1) is 0 Å². The number of rotatable bonds is 17. The van der Waals surface area contributed by atoms with E-state index in [0.717, 1.165) is 24.8 Å². The summed E-state index contributed by atoms with van der Waals surface area (Å²) >= 11 is 0. The van der Waals surface area contributed by atoms with Gasteiger partial charge in [0.15, 0.2) is 37.7 Å². The van der Waals surface area contributed by atoms with Gasteiger partial charge >= 0.3 is 0 Å². The van der Waals surface area contributed by atoms with Gasteiger partial charge in [0.25, 0.3) is 0 Å². The molecule has 0 radical (unpaired) electrons. The van der Waals surface area contributed by atoms with Crippen molar-refractivity contribution in [2.45, 2.75) is 221 Å². The standard InChI is InChI=1S/C53H87N3O12/c1-15-38-28(6)27(5)33(11)49(59-38)67-46-30(8)29(7)39(16-2)60-53(46)66-45-36(14)51(63-42-26-58-52(68-47(42)45)37-22-20-19-21-23-37)65-44-32(10)35(13)50(62-41(44)18-4)64-43-31(9)34(12)48(61-40(43)17-3)57-25-24-55-56-54/h19-23,27-36,38-53H,15-18,24-26H2,1-14H3/t27?,28-,29-,30?,31?,32?,33-,34-,35-,36+,38?,39-,40?,41?,42?,43-,44-,45?,46?,47+,48+,49-,50-,51-,52?,53+/m0/s1. The zero-order chi connectivity index (χ0) is 49.0. The lowest BCUT2D eigenvalue weighted by Crippen LogP contribution is -2.64. The van der Waals surface area contributed by atoms with Gasteiger partial charge < -0.3 is 56.8 Å². The molecule has 0 bridgehead atoms. The van der Waals surface area contributed by atoms with Crippen LogP contribution in [0.25, 0.3) is 10.4 Å². The average molecular weight is 958 g/mol. The Morgan fingerprint density at radius 3 is 1.56 bits per heavy atom. The molecule has 68 heavy (non-hydrogen) atoms. The van der Waals surface area contributed by atoms with E-state index in [2.05, 4.69) is 107 Å². The topological polar surface area (TPSA) is 160 Å². The zero-order valence-corrected chi connectivity index (χ0v) is 43.6. The van der Waals surface area contributed by atoms with Crippen LogP contribution >= 0.6 is 0 Å². The lowest BCUT2D eigenvalue weighted by Gasteiger charge is -2.53. The van der Waals surface area contributed by atoms with E-state index in [4.69, 9.17) is 62.4 Å². The Kier molecular flexibility index (Phi) is 19.1. The van der Waals surface area contributed by atoms with Gasteiger partial charge in [-0.05, 0) is 66.7 Å². The highest BCUT2D eigenvalue weighted by molar-refractivity contribution is 5.17. The van der Waals surface area contributed by atoms with Crippen molar-refractivity contribution in [3.05, 3.63) is 46.3 Å². The van der Waals surface area contributed by atoms with E-state index in [0.29, 0.717) is 31.5 Å². The molecule has 6 aliphatic rings. The van der Waals surface area contributed by atoms with Crippen molar-refractivity contribution in [1.29, 1.82) is 0 Å². The summed E-state index contributed by atoms with van der Waals surface area (Å²) in [5.74, 6) is 1.33. The molecule has 7 rings (SSSR count). The minimum Gasteiger partial charge on any atom is -0.352 e. The fourth-order valence-corrected chi connectivity index (χ4v) is 11.8. The Labute approximate surface area is 407 Å². The Bertz CT molecular complexity index is 1740. The first-order valence-corrected chi connectivity index (χ1v) is 26.5. The van der Waals surface area contributed by atoms with Crippen LogP contribution in [0.3, 0.4) is 0 Å². The van der Waals surface area contributed by atoms with E-state index < -0.39 is 49.8 Å². The van der Waals surface area contributed by atoms with E-state index in [1.54, 1.807) is 0 Å². The van der Waals surface area contributed by atoms with Gasteiger partial charge in [-0.3, -0.25) is 0 Å². The maximum Gasteiger partial charge on any atom is 0.184 e. The van der Waals surface area contributed by atoms with Gasteiger partial charge in [0.2, 0.25) is 0 Å². The Morgan fingerprint density at radius 1 is 0.500 bits per heavy atom. The summed E-state index contributed by atoms with van der Waals surface area (Å²) in [5.41, 5.74) is 9.65. The van der Waals surface area contributed by atoms with Crippen LogP contribution in [0, 0.1) is 59.2 Å². The van der Waals surface area contributed by atoms with Crippen LogP contribution in [0.1, 0.15) is 134 Å². The molecule has 11 unspecified atom stereocenters.